The van der Waals surface area contributed by atoms with Gasteiger partial charge < -0.3 is 14.6 Å². The van der Waals surface area contributed by atoms with E-state index in [0.29, 0.717) is 5.56 Å². The summed E-state index contributed by atoms with van der Waals surface area (Å²) >= 11 is 0. The van der Waals surface area contributed by atoms with Crippen molar-refractivity contribution in [3.63, 3.8) is 0 Å². The number of benzene rings is 1. The highest BCUT2D eigenvalue weighted by Crippen LogP contribution is 2.18. The van der Waals surface area contributed by atoms with Crippen molar-refractivity contribution in [3.05, 3.63) is 41.5 Å². The Morgan fingerprint density at radius 3 is 1.89 bits per heavy atom. The van der Waals surface area contributed by atoms with E-state index in [4.69, 9.17) is 9.47 Å². The van der Waals surface area contributed by atoms with Gasteiger partial charge in [0.2, 0.25) is 0 Å². The van der Waals surface area contributed by atoms with Crippen molar-refractivity contribution in [3.8, 4) is 0 Å². The molecule has 1 aromatic rings. The Morgan fingerprint density at radius 2 is 1.47 bits per heavy atom. The second-order valence-electron chi connectivity index (χ2n) is 3.53. The Balaban J connectivity index is 3.21. The standard InChI is InChI=1S/C14H16O5/c1-3-18-13(16)11(14(17)19-4-2)12(15)10-8-6-5-7-9-10/h5-9,15H,3-4H2,1-2H3. The van der Waals surface area contributed by atoms with Crippen molar-refractivity contribution in [1.29, 1.82) is 0 Å². The van der Waals surface area contributed by atoms with Crippen LogP contribution in [0.15, 0.2) is 35.9 Å². The van der Waals surface area contributed by atoms with Crippen molar-refractivity contribution in [2.75, 3.05) is 13.2 Å². The first kappa shape index (κ1) is 14.8. The quantitative estimate of drug-likeness (QED) is 0.290. The number of aliphatic hydroxyl groups is 1. The summed E-state index contributed by atoms with van der Waals surface area (Å²) in [5.41, 5.74) is -0.145. The minimum atomic E-state index is -0.901. The molecular formula is C14H16O5. The molecule has 0 unspecified atom stereocenters. The molecule has 0 aliphatic heterocycles. The predicted molar refractivity (Wildman–Crippen MR) is 69.3 cm³/mol. The SMILES string of the molecule is CCOC(=O)C(C(=O)OCC)=C(O)c1ccccc1. The van der Waals surface area contributed by atoms with Gasteiger partial charge in [-0.1, -0.05) is 30.3 Å². The molecule has 1 aromatic carbocycles. The predicted octanol–water partition coefficient (Wildman–Crippen LogP) is 2.08. The van der Waals surface area contributed by atoms with Crippen molar-refractivity contribution in [2.45, 2.75) is 13.8 Å². The molecule has 1 rings (SSSR count). The normalized spacial score (nSPS) is 9.58. The summed E-state index contributed by atoms with van der Waals surface area (Å²) in [5, 5.41) is 10.1. The number of carbonyl (C=O) groups is 2. The smallest absolute Gasteiger partial charge is 0.349 e. The van der Waals surface area contributed by atoms with E-state index in [2.05, 4.69) is 0 Å². The Labute approximate surface area is 111 Å². The molecule has 0 aromatic heterocycles. The second-order valence-corrected chi connectivity index (χ2v) is 3.53. The van der Waals surface area contributed by atoms with E-state index in [1.807, 2.05) is 0 Å². The Kier molecular flexibility index (Phi) is 5.60. The number of ether oxygens (including phenoxy) is 2. The maximum absolute atomic E-state index is 11.7. The highest BCUT2D eigenvalue weighted by molar-refractivity contribution is 6.19. The Morgan fingerprint density at radius 1 is 1.00 bits per heavy atom. The average molecular weight is 264 g/mol. The maximum Gasteiger partial charge on any atom is 0.349 e. The van der Waals surface area contributed by atoms with Crippen LogP contribution in [-0.4, -0.2) is 30.3 Å². The van der Waals surface area contributed by atoms with Gasteiger partial charge in [0.1, 0.15) is 5.76 Å². The maximum atomic E-state index is 11.7. The first-order valence-corrected chi connectivity index (χ1v) is 5.94. The van der Waals surface area contributed by atoms with Crippen molar-refractivity contribution < 1.29 is 24.2 Å². The van der Waals surface area contributed by atoms with Gasteiger partial charge in [0.05, 0.1) is 13.2 Å². The lowest BCUT2D eigenvalue weighted by Gasteiger charge is -2.09. The number of esters is 2. The molecule has 0 bridgehead atoms. The third kappa shape index (κ3) is 3.84. The van der Waals surface area contributed by atoms with Crippen LogP contribution in [0.1, 0.15) is 19.4 Å². The summed E-state index contributed by atoms with van der Waals surface area (Å²) in [7, 11) is 0. The van der Waals surface area contributed by atoms with E-state index < -0.39 is 23.3 Å². The molecule has 0 aliphatic rings. The van der Waals surface area contributed by atoms with E-state index in [0.717, 1.165) is 0 Å². The topological polar surface area (TPSA) is 72.8 Å². The van der Waals surface area contributed by atoms with E-state index in [1.54, 1.807) is 44.2 Å². The number of carbonyl (C=O) groups excluding carboxylic acids is 2. The van der Waals surface area contributed by atoms with Crippen LogP contribution in [-0.2, 0) is 19.1 Å². The molecule has 0 spiro atoms. The zero-order valence-electron chi connectivity index (χ0n) is 10.9. The Hall–Kier alpha value is -2.30. The van der Waals surface area contributed by atoms with Gasteiger partial charge in [0.25, 0.3) is 0 Å². The molecule has 0 amide bonds. The highest BCUT2D eigenvalue weighted by Gasteiger charge is 2.26. The summed E-state index contributed by atoms with van der Waals surface area (Å²) in [6.07, 6.45) is 0. The lowest BCUT2D eigenvalue weighted by atomic mass is 10.1. The van der Waals surface area contributed by atoms with Crippen LogP contribution in [0.25, 0.3) is 5.76 Å². The van der Waals surface area contributed by atoms with Gasteiger partial charge in [-0.05, 0) is 13.8 Å². The zero-order valence-corrected chi connectivity index (χ0v) is 10.9. The summed E-state index contributed by atoms with van der Waals surface area (Å²) in [6, 6.07) is 8.27. The summed E-state index contributed by atoms with van der Waals surface area (Å²) in [5.74, 6) is -2.25. The third-order valence-corrected chi connectivity index (χ3v) is 2.24. The first-order valence-electron chi connectivity index (χ1n) is 5.94. The van der Waals surface area contributed by atoms with Crippen molar-refractivity contribution in [1.82, 2.24) is 0 Å². The number of hydrogen-bond donors (Lipinski definition) is 1. The summed E-state index contributed by atoms with van der Waals surface area (Å²) in [4.78, 5) is 23.5. The monoisotopic (exact) mass is 264 g/mol. The fraction of sp³-hybridized carbons (Fsp3) is 0.286. The van der Waals surface area contributed by atoms with Crippen LogP contribution < -0.4 is 0 Å². The third-order valence-electron chi connectivity index (χ3n) is 2.24. The van der Waals surface area contributed by atoms with E-state index >= 15 is 0 Å². The molecule has 102 valence electrons. The molecule has 0 radical (unpaired) electrons. The van der Waals surface area contributed by atoms with Gasteiger partial charge in [-0.25, -0.2) is 9.59 Å². The van der Waals surface area contributed by atoms with Gasteiger partial charge in [0, 0.05) is 5.56 Å². The molecule has 0 atom stereocenters. The van der Waals surface area contributed by atoms with Gasteiger partial charge in [-0.3, -0.25) is 0 Å². The van der Waals surface area contributed by atoms with Gasteiger partial charge in [-0.2, -0.15) is 0 Å². The van der Waals surface area contributed by atoms with Gasteiger partial charge in [0.15, 0.2) is 5.57 Å². The van der Waals surface area contributed by atoms with Crippen LogP contribution >= 0.6 is 0 Å². The summed E-state index contributed by atoms with van der Waals surface area (Å²) in [6.45, 7) is 3.42. The fourth-order valence-electron chi connectivity index (χ4n) is 1.42. The zero-order chi connectivity index (χ0) is 14.3. The molecule has 0 aliphatic carbocycles. The minimum absolute atomic E-state index is 0.101. The fourth-order valence-corrected chi connectivity index (χ4v) is 1.42. The molecule has 1 N–H and O–H groups in total. The lowest BCUT2D eigenvalue weighted by Crippen LogP contribution is -2.20. The number of rotatable bonds is 5. The van der Waals surface area contributed by atoms with Crippen LogP contribution in [0.4, 0.5) is 0 Å². The molecule has 19 heavy (non-hydrogen) atoms. The number of hydrogen-bond acceptors (Lipinski definition) is 5. The van der Waals surface area contributed by atoms with Gasteiger partial charge in [-0.15, -0.1) is 0 Å². The molecule has 0 heterocycles. The van der Waals surface area contributed by atoms with Crippen LogP contribution in [0.5, 0.6) is 0 Å². The second kappa shape index (κ2) is 7.20. The molecule has 0 saturated carbocycles. The molecule has 5 nitrogen and oxygen atoms in total. The van der Waals surface area contributed by atoms with Crippen LogP contribution in [0.2, 0.25) is 0 Å². The van der Waals surface area contributed by atoms with Crippen LogP contribution in [0.3, 0.4) is 0 Å². The largest absolute Gasteiger partial charge is 0.506 e. The van der Waals surface area contributed by atoms with Crippen LogP contribution in [0, 0.1) is 0 Å². The molecule has 0 saturated heterocycles. The van der Waals surface area contributed by atoms with Gasteiger partial charge >= 0.3 is 11.9 Å². The van der Waals surface area contributed by atoms with Crippen molar-refractivity contribution in [2.24, 2.45) is 0 Å². The Bertz CT molecular complexity index is 456. The highest BCUT2D eigenvalue weighted by atomic mass is 16.6. The lowest BCUT2D eigenvalue weighted by molar-refractivity contribution is -0.146. The van der Waals surface area contributed by atoms with E-state index in [1.165, 1.54) is 0 Å². The van der Waals surface area contributed by atoms with E-state index in [9.17, 15) is 14.7 Å². The molecule has 0 fully saturated rings. The first-order chi connectivity index (χ1) is 9.11. The number of aliphatic hydroxyl groups excluding tert-OH is 1. The molecule has 5 heteroatoms. The van der Waals surface area contributed by atoms with Crippen molar-refractivity contribution >= 4 is 17.7 Å². The molecular weight excluding hydrogens is 248 g/mol. The average Bonchev–Trinajstić information content (AvgIpc) is 2.40. The summed E-state index contributed by atoms with van der Waals surface area (Å²) < 4.78 is 9.51. The van der Waals surface area contributed by atoms with E-state index in [-0.39, 0.29) is 13.2 Å². The minimum Gasteiger partial charge on any atom is -0.506 e.